The Bertz CT molecular complexity index is 794. The second-order valence-corrected chi connectivity index (χ2v) is 5.61. The summed E-state index contributed by atoms with van der Waals surface area (Å²) >= 11 is 0. The first-order chi connectivity index (χ1) is 13.3. The number of para-hydroxylation sites is 1. The third-order valence-corrected chi connectivity index (χ3v) is 4.05. The Kier molecular flexibility index (Phi) is 14.5. The maximum atomic E-state index is 4.06. The van der Waals surface area contributed by atoms with Gasteiger partial charge in [0.25, 0.3) is 0 Å². The molecule has 3 aromatic rings. The van der Waals surface area contributed by atoms with Crippen molar-refractivity contribution in [3.8, 4) is 11.1 Å². The van der Waals surface area contributed by atoms with Crippen molar-refractivity contribution in [2.24, 2.45) is 4.99 Å². The van der Waals surface area contributed by atoms with Crippen LogP contribution in [0.25, 0.3) is 11.1 Å². The van der Waals surface area contributed by atoms with Gasteiger partial charge in [0, 0.05) is 32.7 Å². The minimum absolute atomic E-state index is 0. The van der Waals surface area contributed by atoms with Gasteiger partial charge < -0.3 is 4.99 Å². The van der Waals surface area contributed by atoms with E-state index >= 15 is 0 Å². The molecule has 0 fully saturated rings. The molecule has 28 heavy (non-hydrogen) atoms. The largest absolute Gasteiger partial charge is 0.456 e. The second kappa shape index (κ2) is 15.4. The number of hydrogen-bond donors (Lipinski definition) is 0. The molecule has 1 aliphatic rings. The smallest absolute Gasteiger partial charge is 0 e. The molecule has 1 aliphatic carbocycles. The first-order valence-corrected chi connectivity index (χ1v) is 9.89. The Morgan fingerprint density at radius 3 is 1.57 bits per heavy atom. The van der Waals surface area contributed by atoms with E-state index in [0.717, 1.165) is 12.1 Å². The van der Waals surface area contributed by atoms with Crippen LogP contribution in [0.1, 0.15) is 51.3 Å². The Morgan fingerprint density at radius 1 is 0.679 bits per heavy atom. The molecule has 2 heteroatoms. The van der Waals surface area contributed by atoms with Gasteiger partial charge in [-0.05, 0) is 28.7 Å². The number of nitrogens with zero attached hydrogens (tertiary/aromatic N) is 1. The third-order valence-electron chi connectivity index (χ3n) is 4.05. The van der Waals surface area contributed by atoms with Gasteiger partial charge in [0.05, 0.1) is 0 Å². The van der Waals surface area contributed by atoms with Crippen LogP contribution in [-0.2, 0) is 39.1 Å². The minimum Gasteiger partial charge on any atom is -0.456 e. The monoisotopic (exact) mass is 447 g/mol. The Morgan fingerprint density at radius 2 is 1.11 bits per heavy atom. The van der Waals surface area contributed by atoms with Crippen molar-refractivity contribution in [3.05, 3.63) is 89.5 Å². The number of benzene rings is 3. The summed E-state index contributed by atoms with van der Waals surface area (Å²) in [5.74, 6) is 0. The number of aryl methyl sites for hydroxylation is 1. The predicted molar refractivity (Wildman–Crippen MR) is 121 cm³/mol. The molecule has 0 spiro atoms. The van der Waals surface area contributed by atoms with E-state index in [1.807, 2.05) is 58.9 Å². The summed E-state index contributed by atoms with van der Waals surface area (Å²) in [5.41, 5.74) is 7.95. The van der Waals surface area contributed by atoms with Crippen molar-refractivity contribution >= 4 is 11.9 Å². The van der Waals surface area contributed by atoms with E-state index < -0.39 is 0 Å². The SMILES string of the molecule is CC.CC.C[C-]=Nc1ccccc1C.[Y].c1ccc2c(c1)Cc1ccccc1-2. The molecule has 0 N–H and O–H groups in total. The van der Waals surface area contributed by atoms with Crippen molar-refractivity contribution in [2.45, 2.75) is 48.0 Å². The Balaban J connectivity index is 0.000000441. The van der Waals surface area contributed by atoms with Crippen LogP contribution in [0.4, 0.5) is 5.69 Å². The number of rotatable bonds is 1. The molecule has 0 amide bonds. The van der Waals surface area contributed by atoms with E-state index in [-0.39, 0.29) is 32.7 Å². The van der Waals surface area contributed by atoms with Gasteiger partial charge in [-0.2, -0.15) is 6.21 Å². The van der Waals surface area contributed by atoms with Crippen LogP contribution in [-0.4, -0.2) is 6.21 Å². The maximum absolute atomic E-state index is 4.06. The van der Waals surface area contributed by atoms with Gasteiger partial charge >= 0.3 is 0 Å². The van der Waals surface area contributed by atoms with Gasteiger partial charge in [0.15, 0.2) is 0 Å². The molecule has 1 nitrogen and oxygen atoms in total. The molecule has 4 rings (SSSR count). The van der Waals surface area contributed by atoms with Crippen molar-refractivity contribution in [3.63, 3.8) is 0 Å². The normalized spacial score (nSPS) is 9.93. The van der Waals surface area contributed by atoms with E-state index in [9.17, 15) is 0 Å². The summed E-state index contributed by atoms with van der Waals surface area (Å²) in [4.78, 5) is 4.06. The van der Waals surface area contributed by atoms with Gasteiger partial charge in [-0.1, -0.05) is 107 Å². The van der Waals surface area contributed by atoms with E-state index in [1.165, 1.54) is 27.8 Å². The van der Waals surface area contributed by atoms with E-state index in [0.29, 0.717) is 0 Å². The fourth-order valence-corrected chi connectivity index (χ4v) is 2.89. The van der Waals surface area contributed by atoms with E-state index in [4.69, 9.17) is 0 Å². The molecule has 0 bridgehead atoms. The topological polar surface area (TPSA) is 12.4 Å². The fraction of sp³-hybridized carbons (Fsp3) is 0.269. The zero-order chi connectivity index (χ0) is 20.1. The minimum atomic E-state index is 0. The van der Waals surface area contributed by atoms with Crippen LogP contribution in [0.15, 0.2) is 77.8 Å². The molecule has 0 aromatic heterocycles. The van der Waals surface area contributed by atoms with Crippen LogP contribution in [0.3, 0.4) is 0 Å². The molecule has 0 saturated carbocycles. The van der Waals surface area contributed by atoms with Gasteiger partial charge in [-0.25, -0.2) is 0 Å². The van der Waals surface area contributed by atoms with Crippen LogP contribution >= 0.6 is 0 Å². The number of fused-ring (bicyclic) bond motifs is 3. The molecule has 1 radical (unpaired) electrons. The molecule has 0 saturated heterocycles. The van der Waals surface area contributed by atoms with Crippen molar-refractivity contribution in [2.75, 3.05) is 0 Å². The zero-order valence-electron chi connectivity index (χ0n) is 18.2. The molecule has 0 atom stereocenters. The van der Waals surface area contributed by atoms with Gasteiger partial charge in [-0.3, -0.25) is 0 Å². The number of hydrogen-bond acceptors (Lipinski definition) is 1. The average Bonchev–Trinajstić information content (AvgIpc) is 3.12. The Labute approximate surface area is 197 Å². The summed E-state index contributed by atoms with van der Waals surface area (Å²) in [6, 6.07) is 25.3. The van der Waals surface area contributed by atoms with Crippen molar-refractivity contribution < 1.29 is 32.7 Å². The van der Waals surface area contributed by atoms with E-state index in [2.05, 4.69) is 59.7 Å². The van der Waals surface area contributed by atoms with E-state index in [1.54, 1.807) is 6.92 Å². The van der Waals surface area contributed by atoms with Gasteiger partial charge in [0.1, 0.15) is 0 Å². The van der Waals surface area contributed by atoms with Crippen LogP contribution in [0, 0.1) is 6.92 Å². The predicted octanol–water partition coefficient (Wildman–Crippen LogP) is 7.90. The molecule has 0 heterocycles. The standard InChI is InChI=1S/C13H10.C9H10N.2C2H6.Y/c1-3-7-12-10(5-1)9-11-6-2-4-8-13(11)12;1-3-10-9-7-5-4-6-8(9)2;2*1-2;/h1-8H,9H2;4-7H,1-2H3;2*1-2H3;/q;-1;;;. The molecule has 3 aromatic carbocycles. The summed E-state index contributed by atoms with van der Waals surface area (Å²) in [5, 5.41) is 0. The summed E-state index contributed by atoms with van der Waals surface area (Å²) < 4.78 is 0. The Hall–Kier alpha value is -1.57. The summed E-state index contributed by atoms with van der Waals surface area (Å²) in [6.07, 6.45) is 3.85. The van der Waals surface area contributed by atoms with Crippen LogP contribution in [0.5, 0.6) is 0 Å². The molecule has 145 valence electrons. The molecular weight excluding hydrogens is 415 g/mol. The third kappa shape index (κ3) is 7.45. The number of aliphatic imine (C=N–C) groups is 1. The molecular formula is C26H32NY-. The van der Waals surface area contributed by atoms with Gasteiger partial charge in [-0.15, -0.1) is 18.6 Å². The van der Waals surface area contributed by atoms with Gasteiger partial charge in [0.2, 0.25) is 0 Å². The summed E-state index contributed by atoms with van der Waals surface area (Å²) in [7, 11) is 0. The second-order valence-electron chi connectivity index (χ2n) is 5.61. The molecule has 0 unspecified atom stereocenters. The van der Waals surface area contributed by atoms with Crippen molar-refractivity contribution in [1.82, 2.24) is 0 Å². The van der Waals surface area contributed by atoms with Crippen LogP contribution < -0.4 is 0 Å². The quantitative estimate of drug-likeness (QED) is 0.208. The zero-order valence-corrected chi connectivity index (χ0v) is 21.0. The molecule has 0 aliphatic heterocycles. The fourth-order valence-electron chi connectivity index (χ4n) is 2.89. The van der Waals surface area contributed by atoms with Crippen molar-refractivity contribution in [1.29, 1.82) is 0 Å². The maximum Gasteiger partial charge on any atom is 0 e. The first-order valence-electron chi connectivity index (χ1n) is 9.89. The summed E-state index contributed by atoms with van der Waals surface area (Å²) in [6.45, 7) is 11.8. The first kappa shape index (κ1) is 26.4. The average molecular weight is 447 g/mol. The van der Waals surface area contributed by atoms with Crippen LogP contribution in [0.2, 0.25) is 0 Å².